The van der Waals surface area contributed by atoms with Gasteiger partial charge >= 0.3 is 0 Å². The van der Waals surface area contributed by atoms with E-state index in [1.54, 1.807) is 0 Å². The zero-order chi connectivity index (χ0) is 10.6. The van der Waals surface area contributed by atoms with Crippen LogP contribution < -0.4 is 5.32 Å². The highest BCUT2D eigenvalue weighted by Crippen LogP contribution is 2.18. The highest BCUT2D eigenvalue weighted by molar-refractivity contribution is 5.14. The third kappa shape index (κ3) is 3.51. The lowest BCUT2D eigenvalue weighted by molar-refractivity contribution is 0.285. The second-order valence-corrected chi connectivity index (χ2v) is 4.95. The van der Waals surface area contributed by atoms with Crippen molar-refractivity contribution < 1.29 is 0 Å². The topological polar surface area (TPSA) is 12.0 Å². The number of hydrogen-bond donors (Lipinski definition) is 1. The SMILES string of the molecule is CC(NCc1ccccc1)C(C)(C)C. The van der Waals surface area contributed by atoms with Crippen LogP contribution >= 0.6 is 0 Å². The maximum atomic E-state index is 3.54. The fraction of sp³-hybridized carbons (Fsp3) is 0.538. The number of benzene rings is 1. The molecule has 1 aromatic rings. The van der Waals surface area contributed by atoms with Crippen LogP contribution in [0.3, 0.4) is 0 Å². The quantitative estimate of drug-likeness (QED) is 0.773. The molecule has 0 amide bonds. The summed E-state index contributed by atoms with van der Waals surface area (Å²) in [7, 11) is 0. The van der Waals surface area contributed by atoms with Crippen molar-refractivity contribution in [3.05, 3.63) is 35.9 Å². The fourth-order valence-electron chi connectivity index (χ4n) is 1.17. The van der Waals surface area contributed by atoms with Crippen molar-refractivity contribution in [1.82, 2.24) is 5.32 Å². The molecule has 0 radical (unpaired) electrons. The lowest BCUT2D eigenvalue weighted by Gasteiger charge is -2.28. The molecular weight excluding hydrogens is 170 g/mol. The van der Waals surface area contributed by atoms with Crippen LogP contribution in [-0.4, -0.2) is 6.04 Å². The highest BCUT2D eigenvalue weighted by atomic mass is 14.9. The summed E-state index contributed by atoms with van der Waals surface area (Å²) >= 11 is 0. The van der Waals surface area contributed by atoms with Gasteiger partial charge in [-0.15, -0.1) is 0 Å². The van der Waals surface area contributed by atoms with Crippen LogP contribution in [0.1, 0.15) is 33.3 Å². The molecule has 0 aliphatic carbocycles. The zero-order valence-electron chi connectivity index (χ0n) is 9.67. The minimum Gasteiger partial charge on any atom is -0.310 e. The smallest absolute Gasteiger partial charge is 0.0208 e. The van der Waals surface area contributed by atoms with Crippen molar-refractivity contribution in [2.75, 3.05) is 0 Å². The summed E-state index contributed by atoms with van der Waals surface area (Å²) < 4.78 is 0. The van der Waals surface area contributed by atoms with Gasteiger partial charge in [-0.05, 0) is 17.9 Å². The Bertz CT molecular complexity index is 258. The maximum Gasteiger partial charge on any atom is 0.0208 e. The van der Waals surface area contributed by atoms with E-state index >= 15 is 0 Å². The molecule has 0 saturated carbocycles. The van der Waals surface area contributed by atoms with Gasteiger partial charge in [0.1, 0.15) is 0 Å². The average Bonchev–Trinajstić information content (AvgIpc) is 2.14. The molecule has 1 aromatic carbocycles. The lowest BCUT2D eigenvalue weighted by atomic mass is 9.88. The molecule has 1 N–H and O–H groups in total. The van der Waals surface area contributed by atoms with E-state index in [4.69, 9.17) is 0 Å². The number of hydrogen-bond acceptors (Lipinski definition) is 1. The lowest BCUT2D eigenvalue weighted by Crippen LogP contribution is -2.37. The average molecular weight is 191 g/mol. The van der Waals surface area contributed by atoms with E-state index in [0.29, 0.717) is 11.5 Å². The maximum absolute atomic E-state index is 3.54. The molecule has 0 spiro atoms. The first-order chi connectivity index (χ1) is 6.50. The van der Waals surface area contributed by atoms with Crippen LogP contribution in [0.4, 0.5) is 0 Å². The van der Waals surface area contributed by atoms with Crippen LogP contribution in [0.5, 0.6) is 0 Å². The van der Waals surface area contributed by atoms with Crippen LogP contribution in [0, 0.1) is 5.41 Å². The van der Waals surface area contributed by atoms with Crippen molar-refractivity contribution in [1.29, 1.82) is 0 Å². The predicted molar refractivity (Wildman–Crippen MR) is 62.2 cm³/mol. The summed E-state index contributed by atoms with van der Waals surface area (Å²) in [4.78, 5) is 0. The van der Waals surface area contributed by atoms with Gasteiger partial charge in [0.2, 0.25) is 0 Å². The van der Waals surface area contributed by atoms with E-state index in [-0.39, 0.29) is 0 Å². The molecule has 1 unspecified atom stereocenters. The Balaban J connectivity index is 2.42. The molecule has 0 aliphatic rings. The highest BCUT2D eigenvalue weighted by Gasteiger charge is 2.18. The van der Waals surface area contributed by atoms with Crippen LogP contribution in [0.2, 0.25) is 0 Å². The van der Waals surface area contributed by atoms with Gasteiger partial charge in [-0.1, -0.05) is 51.1 Å². The van der Waals surface area contributed by atoms with Gasteiger partial charge in [0.25, 0.3) is 0 Å². The summed E-state index contributed by atoms with van der Waals surface area (Å²) in [5.41, 5.74) is 1.68. The van der Waals surface area contributed by atoms with E-state index in [2.05, 4.69) is 63.3 Å². The summed E-state index contributed by atoms with van der Waals surface area (Å²) in [5.74, 6) is 0. The van der Waals surface area contributed by atoms with Crippen LogP contribution in [0.15, 0.2) is 30.3 Å². The first-order valence-corrected chi connectivity index (χ1v) is 5.27. The standard InChI is InChI=1S/C13H21N/c1-11(13(2,3)4)14-10-12-8-6-5-7-9-12/h5-9,11,14H,10H2,1-4H3. The molecular formula is C13H21N. The zero-order valence-corrected chi connectivity index (χ0v) is 9.67. The first kappa shape index (κ1) is 11.3. The van der Waals surface area contributed by atoms with Crippen molar-refractivity contribution in [3.63, 3.8) is 0 Å². The molecule has 1 atom stereocenters. The molecule has 1 nitrogen and oxygen atoms in total. The summed E-state index contributed by atoms with van der Waals surface area (Å²) in [6.07, 6.45) is 0. The Morgan fingerprint density at radius 2 is 1.71 bits per heavy atom. The molecule has 0 aliphatic heterocycles. The summed E-state index contributed by atoms with van der Waals surface area (Å²) in [6, 6.07) is 11.1. The van der Waals surface area contributed by atoms with Gasteiger partial charge in [-0.25, -0.2) is 0 Å². The number of nitrogens with one attached hydrogen (secondary N) is 1. The molecule has 0 bridgehead atoms. The third-order valence-corrected chi connectivity index (χ3v) is 2.75. The largest absolute Gasteiger partial charge is 0.310 e. The van der Waals surface area contributed by atoms with Crippen molar-refractivity contribution >= 4 is 0 Å². The van der Waals surface area contributed by atoms with Crippen molar-refractivity contribution in [2.24, 2.45) is 5.41 Å². The minimum absolute atomic E-state index is 0.328. The molecule has 1 rings (SSSR count). The van der Waals surface area contributed by atoms with Gasteiger partial charge in [0.15, 0.2) is 0 Å². The van der Waals surface area contributed by atoms with E-state index in [9.17, 15) is 0 Å². The number of rotatable bonds is 3. The molecule has 1 heteroatoms. The van der Waals surface area contributed by atoms with E-state index in [1.807, 2.05) is 0 Å². The van der Waals surface area contributed by atoms with E-state index < -0.39 is 0 Å². The van der Waals surface area contributed by atoms with Crippen molar-refractivity contribution in [3.8, 4) is 0 Å². The van der Waals surface area contributed by atoms with Crippen LogP contribution in [-0.2, 0) is 6.54 Å². The Morgan fingerprint density at radius 1 is 1.14 bits per heavy atom. The summed E-state index contributed by atoms with van der Waals surface area (Å²) in [6.45, 7) is 9.98. The van der Waals surface area contributed by atoms with Gasteiger partial charge in [0, 0.05) is 12.6 Å². The monoisotopic (exact) mass is 191 g/mol. The fourth-order valence-corrected chi connectivity index (χ4v) is 1.17. The van der Waals surface area contributed by atoms with Crippen LogP contribution in [0.25, 0.3) is 0 Å². The molecule has 0 fully saturated rings. The van der Waals surface area contributed by atoms with E-state index in [1.165, 1.54) is 5.56 Å². The molecule has 0 saturated heterocycles. The first-order valence-electron chi connectivity index (χ1n) is 5.27. The second kappa shape index (κ2) is 4.61. The van der Waals surface area contributed by atoms with Gasteiger partial charge in [0.05, 0.1) is 0 Å². The van der Waals surface area contributed by atoms with Gasteiger partial charge < -0.3 is 5.32 Å². The molecule has 14 heavy (non-hydrogen) atoms. The normalized spacial score (nSPS) is 14.0. The van der Waals surface area contributed by atoms with Gasteiger partial charge in [-0.3, -0.25) is 0 Å². The Morgan fingerprint density at radius 3 is 2.21 bits per heavy atom. The van der Waals surface area contributed by atoms with Crippen molar-refractivity contribution in [2.45, 2.75) is 40.3 Å². The summed E-state index contributed by atoms with van der Waals surface area (Å²) in [5, 5.41) is 3.54. The molecule has 78 valence electrons. The Labute approximate surface area is 87.5 Å². The third-order valence-electron chi connectivity index (χ3n) is 2.75. The molecule has 0 aromatic heterocycles. The Kier molecular flexibility index (Phi) is 3.70. The Hall–Kier alpha value is -0.820. The molecule has 0 heterocycles. The second-order valence-electron chi connectivity index (χ2n) is 4.95. The predicted octanol–water partition coefficient (Wildman–Crippen LogP) is 3.21. The minimum atomic E-state index is 0.328. The van der Waals surface area contributed by atoms with E-state index in [0.717, 1.165) is 6.54 Å². The van der Waals surface area contributed by atoms with Gasteiger partial charge in [-0.2, -0.15) is 0 Å².